The molecule has 1 heterocycles. The molecular formula is C15H21NO. The van der Waals surface area contributed by atoms with E-state index in [2.05, 4.69) is 33.4 Å². The molecule has 0 amide bonds. The van der Waals surface area contributed by atoms with E-state index in [0.29, 0.717) is 5.70 Å². The van der Waals surface area contributed by atoms with E-state index in [0.717, 1.165) is 18.6 Å². The molecule has 0 bridgehead atoms. The number of aryl methyl sites for hydroxylation is 2. The van der Waals surface area contributed by atoms with E-state index in [4.69, 9.17) is 10.5 Å². The largest absolute Gasteiger partial charge is 0.481 e. The van der Waals surface area contributed by atoms with Crippen LogP contribution in [-0.2, 0) is 6.42 Å². The number of hydrogen-bond acceptors (Lipinski definition) is 2. The molecule has 92 valence electrons. The number of fused-ring (bicyclic) bond motifs is 1. The molecule has 1 aliphatic heterocycles. The van der Waals surface area contributed by atoms with Gasteiger partial charge in [0.25, 0.3) is 0 Å². The van der Waals surface area contributed by atoms with Crippen LogP contribution in [0.15, 0.2) is 18.3 Å². The molecule has 0 radical (unpaired) electrons. The Labute approximate surface area is 103 Å². The zero-order chi connectivity index (χ0) is 12.8. The number of ether oxygens (including phenoxy) is 1. The average molecular weight is 231 g/mol. The molecule has 0 saturated heterocycles. The maximum absolute atomic E-state index is 6.15. The number of hydrogen-bond donors (Lipinski definition) is 1. The maximum atomic E-state index is 6.15. The van der Waals surface area contributed by atoms with Gasteiger partial charge in [0.2, 0.25) is 0 Å². The van der Waals surface area contributed by atoms with Crippen molar-refractivity contribution in [1.29, 1.82) is 0 Å². The van der Waals surface area contributed by atoms with Gasteiger partial charge in [0.05, 0.1) is 0 Å². The number of nitrogens with two attached hydrogens (primary N) is 1. The Balaban J connectivity index is 2.54. The van der Waals surface area contributed by atoms with E-state index in [1.54, 1.807) is 0 Å². The first-order valence-corrected chi connectivity index (χ1v) is 6.08. The number of rotatable bonds is 1. The summed E-state index contributed by atoms with van der Waals surface area (Å²) in [6.07, 6.45) is 1.91. The predicted octanol–water partition coefficient (Wildman–Crippen LogP) is 3.17. The summed E-state index contributed by atoms with van der Waals surface area (Å²) in [6, 6.07) is 2.23. The highest BCUT2D eigenvalue weighted by Gasteiger charge is 2.34. The van der Waals surface area contributed by atoms with Gasteiger partial charge in [-0.25, -0.2) is 0 Å². The molecule has 1 aromatic rings. The summed E-state index contributed by atoms with van der Waals surface area (Å²) in [7, 11) is 0. The fraction of sp³-hybridized carbons (Fsp3) is 0.467. The van der Waals surface area contributed by atoms with Crippen molar-refractivity contribution < 1.29 is 4.74 Å². The van der Waals surface area contributed by atoms with Crippen LogP contribution in [0.4, 0.5) is 0 Å². The van der Waals surface area contributed by atoms with Crippen molar-refractivity contribution >= 4 is 0 Å². The second kappa shape index (κ2) is 3.80. The van der Waals surface area contributed by atoms with Crippen molar-refractivity contribution in [2.45, 2.75) is 46.1 Å². The molecule has 2 N–H and O–H groups in total. The molecule has 0 saturated carbocycles. The standard InChI is InChI=1S/C15H21NO/c1-9-8-10(2)13-6-7-15(5,12(4)16)17-14(13)11(9)3/h8H,4,6-7,16H2,1-3,5H3. The van der Waals surface area contributed by atoms with Crippen molar-refractivity contribution in [3.05, 3.63) is 40.6 Å². The second-order valence-corrected chi connectivity index (χ2v) is 5.30. The quantitative estimate of drug-likeness (QED) is 0.805. The second-order valence-electron chi connectivity index (χ2n) is 5.30. The summed E-state index contributed by atoms with van der Waals surface area (Å²) in [5.41, 5.74) is 11.2. The molecule has 17 heavy (non-hydrogen) atoms. The highest BCUT2D eigenvalue weighted by Crippen LogP contribution is 2.40. The highest BCUT2D eigenvalue weighted by atomic mass is 16.5. The average Bonchev–Trinajstić information content (AvgIpc) is 2.25. The molecule has 1 atom stereocenters. The summed E-state index contributed by atoms with van der Waals surface area (Å²) in [5.74, 6) is 1.02. The third-order valence-electron chi connectivity index (χ3n) is 3.97. The summed E-state index contributed by atoms with van der Waals surface area (Å²) in [5, 5.41) is 0. The van der Waals surface area contributed by atoms with Gasteiger partial charge in [-0.05, 0) is 62.8 Å². The fourth-order valence-corrected chi connectivity index (χ4v) is 2.42. The minimum atomic E-state index is -0.419. The lowest BCUT2D eigenvalue weighted by molar-refractivity contribution is 0.0995. The topological polar surface area (TPSA) is 35.2 Å². The van der Waals surface area contributed by atoms with Crippen molar-refractivity contribution in [3.8, 4) is 5.75 Å². The normalized spacial score (nSPS) is 22.8. The monoisotopic (exact) mass is 231 g/mol. The van der Waals surface area contributed by atoms with Crippen LogP contribution < -0.4 is 10.5 Å². The molecule has 2 nitrogen and oxygen atoms in total. The molecule has 1 aliphatic rings. The van der Waals surface area contributed by atoms with E-state index < -0.39 is 5.60 Å². The first kappa shape index (κ1) is 12.0. The lowest BCUT2D eigenvalue weighted by Gasteiger charge is -2.37. The minimum absolute atomic E-state index is 0.419. The SMILES string of the molecule is C=C(N)C1(C)CCc2c(C)cc(C)c(C)c2O1. The van der Waals surface area contributed by atoms with E-state index in [1.807, 2.05) is 6.92 Å². The Bertz CT molecular complexity index is 490. The van der Waals surface area contributed by atoms with Crippen molar-refractivity contribution in [2.24, 2.45) is 5.73 Å². The van der Waals surface area contributed by atoms with Crippen LogP contribution in [0.1, 0.15) is 35.6 Å². The summed E-state index contributed by atoms with van der Waals surface area (Å²) in [4.78, 5) is 0. The van der Waals surface area contributed by atoms with Gasteiger partial charge in [-0.3, -0.25) is 0 Å². The van der Waals surface area contributed by atoms with E-state index in [-0.39, 0.29) is 0 Å². The van der Waals surface area contributed by atoms with Gasteiger partial charge in [0.15, 0.2) is 0 Å². The van der Waals surface area contributed by atoms with Crippen LogP contribution in [-0.4, -0.2) is 5.60 Å². The maximum Gasteiger partial charge on any atom is 0.145 e. The molecule has 1 unspecified atom stereocenters. The van der Waals surface area contributed by atoms with Gasteiger partial charge in [-0.2, -0.15) is 0 Å². The summed E-state index contributed by atoms with van der Waals surface area (Å²) >= 11 is 0. The van der Waals surface area contributed by atoms with Gasteiger partial charge in [0.1, 0.15) is 11.4 Å². The Morgan fingerprint density at radius 2 is 2.00 bits per heavy atom. The van der Waals surface area contributed by atoms with Gasteiger partial charge in [0, 0.05) is 5.70 Å². The van der Waals surface area contributed by atoms with Crippen LogP contribution in [0.2, 0.25) is 0 Å². The smallest absolute Gasteiger partial charge is 0.145 e. The molecule has 0 aliphatic carbocycles. The molecule has 2 rings (SSSR count). The molecular weight excluding hydrogens is 210 g/mol. The molecule has 0 fully saturated rings. The Hall–Kier alpha value is -1.44. The molecule has 1 aromatic carbocycles. The Kier molecular flexibility index (Phi) is 2.69. The van der Waals surface area contributed by atoms with Gasteiger partial charge >= 0.3 is 0 Å². The first-order valence-electron chi connectivity index (χ1n) is 6.08. The van der Waals surface area contributed by atoms with E-state index >= 15 is 0 Å². The van der Waals surface area contributed by atoms with Crippen LogP contribution in [0.3, 0.4) is 0 Å². The zero-order valence-corrected chi connectivity index (χ0v) is 11.2. The minimum Gasteiger partial charge on any atom is -0.481 e. The van der Waals surface area contributed by atoms with E-state index in [1.165, 1.54) is 22.3 Å². The third-order valence-corrected chi connectivity index (χ3v) is 3.97. The molecule has 0 aromatic heterocycles. The summed E-state index contributed by atoms with van der Waals surface area (Å²) in [6.45, 7) is 12.3. The van der Waals surface area contributed by atoms with Gasteiger partial charge < -0.3 is 10.5 Å². The first-order chi connectivity index (χ1) is 7.85. The zero-order valence-electron chi connectivity index (χ0n) is 11.2. The van der Waals surface area contributed by atoms with Crippen molar-refractivity contribution in [2.75, 3.05) is 0 Å². The van der Waals surface area contributed by atoms with Crippen molar-refractivity contribution in [1.82, 2.24) is 0 Å². The molecule has 0 spiro atoms. The van der Waals surface area contributed by atoms with Crippen molar-refractivity contribution in [3.63, 3.8) is 0 Å². The summed E-state index contributed by atoms with van der Waals surface area (Å²) < 4.78 is 6.15. The van der Waals surface area contributed by atoms with Crippen LogP contribution in [0, 0.1) is 20.8 Å². The van der Waals surface area contributed by atoms with Gasteiger partial charge in [-0.15, -0.1) is 0 Å². The van der Waals surface area contributed by atoms with Gasteiger partial charge in [-0.1, -0.05) is 12.6 Å². The lowest BCUT2D eigenvalue weighted by atomic mass is 9.86. The number of benzene rings is 1. The van der Waals surface area contributed by atoms with E-state index in [9.17, 15) is 0 Å². The highest BCUT2D eigenvalue weighted by molar-refractivity contribution is 5.51. The fourth-order valence-electron chi connectivity index (χ4n) is 2.42. The Morgan fingerprint density at radius 1 is 1.35 bits per heavy atom. The third kappa shape index (κ3) is 1.82. The van der Waals surface area contributed by atoms with Crippen LogP contribution in [0.5, 0.6) is 5.75 Å². The molecule has 2 heteroatoms. The Morgan fingerprint density at radius 3 is 2.59 bits per heavy atom. The van der Waals surface area contributed by atoms with Crippen LogP contribution in [0.25, 0.3) is 0 Å². The lowest BCUT2D eigenvalue weighted by Crippen LogP contribution is -2.41. The predicted molar refractivity (Wildman–Crippen MR) is 71.3 cm³/mol. The van der Waals surface area contributed by atoms with Crippen LogP contribution >= 0.6 is 0 Å².